The summed E-state index contributed by atoms with van der Waals surface area (Å²) in [5, 5.41) is 0. The molecule has 0 unspecified atom stereocenters. The molecule has 0 bridgehead atoms. The lowest BCUT2D eigenvalue weighted by Crippen LogP contribution is -2.29. The second kappa shape index (κ2) is 5.70. The van der Waals surface area contributed by atoms with Crippen LogP contribution in [0.2, 0.25) is 0 Å². The predicted molar refractivity (Wildman–Crippen MR) is 76.9 cm³/mol. The van der Waals surface area contributed by atoms with E-state index in [1.54, 1.807) is 0 Å². The van der Waals surface area contributed by atoms with Crippen LogP contribution in [0.1, 0.15) is 49.4 Å². The van der Waals surface area contributed by atoms with Crippen molar-refractivity contribution in [1.82, 2.24) is 4.98 Å². The van der Waals surface area contributed by atoms with Gasteiger partial charge in [0.1, 0.15) is 5.82 Å². The highest BCUT2D eigenvalue weighted by atomic mass is 15.2. The Morgan fingerprint density at radius 1 is 1.39 bits per heavy atom. The zero-order valence-corrected chi connectivity index (χ0v) is 11.9. The van der Waals surface area contributed by atoms with Crippen LogP contribution in [-0.2, 0) is 6.54 Å². The minimum atomic E-state index is 0.587. The van der Waals surface area contributed by atoms with Gasteiger partial charge in [0, 0.05) is 30.4 Å². The molecular weight excluding hydrogens is 222 g/mol. The van der Waals surface area contributed by atoms with Gasteiger partial charge in [0.15, 0.2) is 0 Å². The van der Waals surface area contributed by atoms with Gasteiger partial charge >= 0.3 is 0 Å². The number of aryl methyl sites for hydroxylation is 2. The van der Waals surface area contributed by atoms with E-state index in [0.717, 1.165) is 18.1 Å². The first-order valence-corrected chi connectivity index (χ1v) is 7.11. The molecule has 18 heavy (non-hydrogen) atoms. The summed E-state index contributed by atoms with van der Waals surface area (Å²) in [6, 6.07) is 2.84. The maximum atomic E-state index is 5.92. The Morgan fingerprint density at radius 3 is 2.67 bits per heavy atom. The summed E-state index contributed by atoms with van der Waals surface area (Å²) in [7, 11) is 0. The zero-order chi connectivity index (χ0) is 13.1. The monoisotopic (exact) mass is 247 g/mol. The molecule has 0 atom stereocenters. The SMILES string of the molecule is CCCCN(c1nc(C)cc(C)c1CN)C1CC1. The number of hydrogen-bond donors (Lipinski definition) is 1. The lowest BCUT2D eigenvalue weighted by molar-refractivity contribution is 0.698. The first kappa shape index (κ1) is 13.3. The van der Waals surface area contributed by atoms with Crippen LogP contribution in [-0.4, -0.2) is 17.6 Å². The number of aromatic nitrogens is 1. The maximum Gasteiger partial charge on any atom is 0.133 e. The highest BCUT2D eigenvalue weighted by Gasteiger charge is 2.31. The van der Waals surface area contributed by atoms with E-state index < -0.39 is 0 Å². The van der Waals surface area contributed by atoms with E-state index in [-0.39, 0.29) is 0 Å². The van der Waals surface area contributed by atoms with Gasteiger partial charge in [-0.15, -0.1) is 0 Å². The van der Waals surface area contributed by atoms with Crippen molar-refractivity contribution in [1.29, 1.82) is 0 Å². The van der Waals surface area contributed by atoms with E-state index in [1.165, 1.54) is 36.8 Å². The van der Waals surface area contributed by atoms with Crippen molar-refractivity contribution in [3.8, 4) is 0 Å². The molecule has 0 radical (unpaired) electrons. The predicted octanol–water partition coefficient (Wildman–Crippen LogP) is 2.93. The van der Waals surface area contributed by atoms with Gasteiger partial charge in [-0.2, -0.15) is 0 Å². The Morgan fingerprint density at radius 2 is 2.11 bits per heavy atom. The summed E-state index contributed by atoms with van der Waals surface area (Å²) in [4.78, 5) is 7.26. The topological polar surface area (TPSA) is 42.2 Å². The number of rotatable bonds is 6. The smallest absolute Gasteiger partial charge is 0.133 e. The Bertz CT molecular complexity index is 410. The molecule has 0 aromatic carbocycles. The molecule has 0 aliphatic heterocycles. The molecule has 3 heteroatoms. The second-order valence-corrected chi connectivity index (χ2v) is 5.36. The molecule has 3 nitrogen and oxygen atoms in total. The van der Waals surface area contributed by atoms with Crippen molar-refractivity contribution in [2.75, 3.05) is 11.4 Å². The lowest BCUT2D eigenvalue weighted by Gasteiger charge is -2.27. The van der Waals surface area contributed by atoms with E-state index in [2.05, 4.69) is 31.7 Å². The van der Waals surface area contributed by atoms with Crippen molar-refractivity contribution in [3.63, 3.8) is 0 Å². The first-order valence-electron chi connectivity index (χ1n) is 7.11. The van der Waals surface area contributed by atoms with Gasteiger partial charge < -0.3 is 10.6 Å². The Kier molecular flexibility index (Phi) is 4.23. The number of nitrogens with zero attached hydrogens (tertiary/aromatic N) is 2. The van der Waals surface area contributed by atoms with Gasteiger partial charge in [-0.1, -0.05) is 13.3 Å². The van der Waals surface area contributed by atoms with E-state index in [0.29, 0.717) is 12.6 Å². The van der Waals surface area contributed by atoms with E-state index >= 15 is 0 Å². The molecule has 1 heterocycles. The zero-order valence-electron chi connectivity index (χ0n) is 11.9. The largest absolute Gasteiger partial charge is 0.353 e. The fourth-order valence-corrected chi connectivity index (χ4v) is 2.51. The van der Waals surface area contributed by atoms with Gasteiger partial charge in [-0.05, 0) is 44.7 Å². The van der Waals surface area contributed by atoms with Gasteiger partial charge in [0.2, 0.25) is 0 Å². The van der Waals surface area contributed by atoms with Crippen LogP contribution in [0, 0.1) is 13.8 Å². The van der Waals surface area contributed by atoms with E-state index in [9.17, 15) is 0 Å². The van der Waals surface area contributed by atoms with Crippen molar-refractivity contribution < 1.29 is 0 Å². The first-order chi connectivity index (χ1) is 8.67. The highest BCUT2D eigenvalue weighted by molar-refractivity contribution is 5.53. The molecule has 2 N–H and O–H groups in total. The lowest BCUT2D eigenvalue weighted by atomic mass is 10.1. The molecule has 0 spiro atoms. The van der Waals surface area contributed by atoms with Crippen molar-refractivity contribution in [2.24, 2.45) is 5.73 Å². The van der Waals surface area contributed by atoms with Crippen LogP contribution in [0.3, 0.4) is 0 Å². The molecule has 1 saturated carbocycles. The third-order valence-electron chi connectivity index (χ3n) is 3.67. The summed E-state index contributed by atoms with van der Waals surface area (Å²) in [5.74, 6) is 1.14. The quantitative estimate of drug-likeness (QED) is 0.840. The van der Waals surface area contributed by atoms with E-state index in [1.807, 2.05) is 0 Å². The molecule has 1 aliphatic rings. The van der Waals surface area contributed by atoms with Crippen LogP contribution >= 0.6 is 0 Å². The molecule has 100 valence electrons. The second-order valence-electron chi connectivity index (χ2n) is 5.36. The molecule has 0 saturated heterocycles. The third kappa shape index (κ3) is 2.83. The number of nitrogens with two attached hydrogens (primary N) is 1. The fourth-order valence-electron chi connectivity index (χ4n) is 2.51. The average Bonchev–Trinajstić information content (AvgIpc) is 3.13. The van der Waals surface area contributed by atoms with Gasteiger partial charge in [-0.3, -0.25) is 0 Å². The molecule has 1 aliphatic carbocycles. The third-order valence-corrected chi connectivity index (χ3v) is 3.67. The summed E-state index contributed by atoms with van der Waals surface area (Å²) in [5.41, 5.74) is 9.53. The van der Waals surface area contributed by atoms with Crippen LogP contribution in [0.4, 0.5) is 5.82 Å². The highest BCUT2D eigenvalue weighted by Crippen LogP contribution is 2.33. The molecule has 0 amide bonds. The minimum Gasteiger partial charge on any atom is -0.353 e. The van der Waals surface area contributed by atoms with Crippen molar-refractivity contribution in [2.45, 2.75) is 59.0 Å². The van der Waals surface area contributed by atoms with Crippen LogP contribution in [0.25, 0.3) is 0 Å². The molecule has 2 rings (SSSR count). The van der Waals surface area contributed by atoms with Crippen LogP contribution in [0.15, 0.2) is 6.07 Å². The van der Waals surface area contributed by atoms with Gasteiger partial charge in [0.05, 0.1) is 0 Å². The van der Waals surface area contributed by atoms with Gasteiger partial charge in [-0.25, -0.2) is 4.98 Å². The van der Waals surface area contributed by atoms with E-state index in [4.69, 9.17) is 10.7 Å². The Hall–Kier alpha value is -1.09. The van der Waals surface area contributed by atoms with Crippen LogP contribution < -0.4 is 10.6 Å². The van der Waals surface area contributed by atoms with Crippen molar-refractivity contribution in [3.05, 3.63) is 22.9 Å². The molecular formula is C15H25N3. The number of anilines is 1. The molecule has 1 fully saturated rings. The fraction of sp³-hybridized carbons (Fsp3) is 0.667. The standard InChI is InChI=1S/C15H25N3/c1-4-5-8-18(13-6-7-13)15-14(10-16)11(2)9-12(3)17-15/h9,13H,4-8,10,16H2,1-3H3. The molecule has 1 aromatic heterocycles. The normalized spacial score (nSPS) is 14.9. The van der Waals surface area contributed by atoms with Crippen LogP contribution in [0.5, 0.6) is 0 Å². The summed E-state index contributed by atoms with van der Waals surface area (Å²) < 4.78 is 0. The maximum absolute atomic E-state index is 5.92. The Balaban J connectivity index is 2.33. The van der Waals surface area contributed by atoms with Gasteiger partial charge in [0.25, 0.3) is 0 Å². The molecule has 1 aromatic rings. The summed E-state index contributed by atoms with van der Waals surface area (Å²) >= 11 is 0. The Labute approximate surface area is 110 Å². The number of pyridine rings is 1. The number of hydrogen-bond acceptors (Lipinski definition) is 3. The minimum absolute atomic E-state index is 0.587. The number of unbranched alkanes of at least 4 members (excludes halogenated alkanes) is 1. The summed E-state index contributed by atoms with van der Waals surface area (Å²) in [6.07, 6.45) is 5.08. The van der Waals surface area contributed by atoms with Crippen molar-refractivity contribution >= 4 is 5.82 Å². The average molecular weight is 247 g/mol. The summed E-state index contributed by atoms with van der Waals surface area (Å²) in [6.45, 7) is 8.16.